The SMILES string of the molecule is CN(C)CC(C)(c1ccc(Br)cc1)N(C)C.[O-][Cl+3]([O-])([O-])O. The van der Waals surface area contributed by atoms with Crippen LogP contribution in [-0.2, 0) is 5.54 Å². The van der Waals surface area contributed by atoms with E-state index in [-0.39, 0.29) is 5.54 Å². The van der Waals surface area contributed by atoms with Crippen molar-refractivity contribution >= 4 is 15.9 Å². The van der Waals surface area contributed by atoms with E-state index in [0.717, 1.165) is 11.0 Å². The number of hydrogen-bond donors (Lipinski definition) is 1. The molecule has 1 rings (SSSR count). The molecule has 6 nitrogen and oxygen atoms in total. The van der Waals surface area contributed by atoms with Gasteiger partial charge in [0.05, 0.1) is 20.4 Å². The first kappa shape index (κ1) is 20.8. The van der Waals surface area contributed by atoms with Gasteiger partial charge in [-0.1, -0.05) is 28.1 Å². The quantitative estimate of drug-likeness (QED) is 0.689. The number of hydrogen-bond acceptors (Lipinski definition) is 6. The summed E-state index contributed by atoms with van der Waals surface area (Å²) in [6.07, 6.45) is 0. The predicted molar refractivity (Wildman–Crippen MR) is 76.0 cm³/mol. The second kappa shape index (κ2) is 8.40. The van der Waals surface area contributed by atoms with Gasteiger partial charge in [-0.05, 0) is 52.8 Å². The van der Waals surface area contributed by atoms with Crippen molar-refractivity contribution in [1.29, 1.82) is 0 Å². The average molecular weight is 386 g/mol. The van der Waals surface area contributed by atoms with Gasteiger partial charge >= 0.3 is 0 Å². The molecule has 1 aromatic carbocycles. The molecule has 21 heavy (non-hydrogen) atoms. The standard InChI is InChI=1S/C13H21BrN2.ClHO4/c1-13(16(4)5,10-15(2)3)11-6-8-12(14)9-7-11;2-1(3,4)5/h6-9H,10H2,1-5H3;(H,2,3,4,5). The van der Waals surface area contributed by atoms with Gasteiger partial charge in [0, 0.05) is 11.0 Å². The van der Waals surface area contributed by atoms with Crippen molar-refractivity contribution in [1.82, 2.24) is 9.80 Å². The number of benzene rings is 1. The summed E-state index contributed by atoms with van der Waals surface area (Å²) in [5.41, 5.74) is 1.39. The molecule has 122 valence electrons. The maximum Gasteiger partial charge on any atom is 0.0777 e. The summed E-state index contributed by atoms with van der Waals surface area (Å²) >= 11 is 3.48. The van der Waals surface area contributed by atoms with Crippen molar-refractivity contribution in [3.05, 3.63) is 34.3 Å². The molecule has 0 saturated heterocycles. The van der Waals surface area contributed by atoms with Gasteiger partial charge in [-0.3, -0.25) is 4.90 Å². The summed E-state index contributed by atoms with van der Waals surface area (Å²) in [5.74, 6) is 0. The van der Waals surface area contributed by atoms with E-state index >= 15 is 0 Å². The summed E-state index contributed by atoms with van der Waals surface area (Å²) < 4.78 is 33.8. The van der Waals surface area contributed by atoms with Crippen molar-refractivity contribution in [3.63, 3.8) is 0 Å². The third-order valence-corrected chi connectivity index (χ3v) is 3.61. The Balaban J connectivity index is 0.000000690. The van der Waals surface area contributed by atoms with Crippen LogP contribution in [0.3, 0.4) is 0 Å². The Bertz CT molecular complexity index is 417. The van der Waals surface area contributed by atoms with E-state index in [1.165, 1.54) is 5.56 Å². The van der Waals surface area contributed by atoms with Crippen LogP contribution in [-0.4, -0.2) is 49.2 Å². The first-order valence-electron chi connectivity index (χ1n) is 6.07. The zero-order valence-electron chi connectivity index (χ0n) is 12.8. The molecule has 1 atom stereocenters. The molecule has 1 aromatic rings. The normalized spacial score (nSPS) is 14.7. The van der Waals surface area contributed by atoms with Crippen LogP contribution in [0.5, 0.6) is 0 Å². The summed E-state index contributed by atoms with van der Waals surface area (Å²) in [5, 5.41) is 0. The number of rotatable bonds is 4. The fraction of sp³-hybridized carbons (Fsp3) is 0.538. The van der Waals surface area contributed by atoms with Crippen LogP contribution in [0.2, 0.25) is 0 Å². The lowest BCUT2D eigenvalue weighted by Crippen LogP contribution is -2.58. The summed E-state index contributed by atoms with van der Waals surface area (Å²) in [6, 6.07) is 8.58. The van der Waals surface area contributed by atoms with Crippen LogP contribution >= 0.6 is 15.9 Å². The van der Waals surface area contributed by atoms with Gasteiger partial charge in [-0.2, -0.15) is 14.0 Å². The topological polar surface area (TPSA) is 95.9 Å². The largest absolute Gasteiger partial charge is 0.307 e. The van der Waals surface area contributed by atoms with Gasteiger partial charge in [-0.25, -0.2) is 0 Å². The minimum atomic E-state index is -4.69. The Hall–Kier alpha value is -0.250. The zero-order valence-corrected chi connectivity index (χ0v) is 15.2. The van der Waals surface area contributed by atoms with E-state index in [1.54, 1.807) is 0 Å². The highest BCUT2D eigenvalue weighted by Crippen LogP contribution is 2.27. The first-order chi connectivity index (χ1) is 9.36. The number of likely N-dealkylation sites (N-methyl/N-ethyl adjacent to an activating group) is 2. The minimum absolute atomic E-state index is 0.0458. The number of nitrogens with zero attached hydrogens (tertiary/aromatic N) is 2. The molecule has 0 aliphatic rings. The molecule has 1 unspecified atom stereocenters. The molecule has 0 bridgehead atoms. The third kappa shape index (κ3) is 8.70. The summed E-state index contributed by atoms with van der Waals surface area (Å²) in [7, 11) is 3.79. The Morgan fingerprint density at radius 3 is 1.76 bits per heavy atom. The lowest BCUT2D eigenvalue weighted by Gasteiger charge is -2.39. The zero-order chi connectivity index (χ0) is 16.8. The van der Waals surface area contributed by atoms with Crippen molar-refractivity contribution in [2.24, 2.45) is 0 Å². The molecule has 0 aromatic heterocycles. The fourth-order valence-corrected chi connectivity index (χ4v) is 2.18. The maximum absolute atomic E-state index is 8.60. The van der Waals surface area contributed by atoms with Gasteiger partial charge in [0.25, 0.3) is 0 Å². The molecule has 1 N–H and O–H groups in total. The molecule has 0 heterocycles. The lowest BCUT2D eigenvalue weighted by molar-refractivity contribution is -1.92. The van der Waals surface area contributed by atoms with Crippen LogP contribution in [0.15, 0.2) is 28.7 Å². The smallest absolute Gasteiger partial charge is 0.0777 e. The highest BCUT2D eigenvalue weighted by Gasteiger charge is 2.29. The highest BCUT2D eigenvalue weighted by atomic mass is 79.9. The van der Waals surface area contributed by atoms with Crippen molar-refractivity contribution in [3.8, 4) is 0 Å². The van der Waals surface area contributed by atoms with E-state index in [0.29, 0.717) is 0 Å². The Morgan fingerprint density at radius 2 is 1.48 bits per heavy atom. The van der Waals surface area contributed by atoms with Crippen LogP contribution in [0.25, 0.3) is 0 Å². The van der Waals surface area contributed by atoms with Crippen molar-refractivity contribution < 1.29 is 28.9 Å². The number of halogens is 2. The first-order valence-corrected chi connectivity index (χ1v) is 8.13. The van der Waals surface area contributed by atoms with E-state index < -0.39 is 10.2 Å². The minimum Gasteiger partial charge on any atom is -0.307 e. The average Bonchev–Trinajstić information content (AvgIpc) is 2.26. The van der Waals surface area contributed by atoms with E-state index in [4.69, 9.17) is 18.6 Å². The molecular weight excluding hydrogens is 364 g/mol. The fourth-order valence-electron chi connectivity index (χ4n) is 1.92. The maximum atomic E-state index is 8.60. The van der Waals surface area contributed by atoms with Gasteiger partial charge in [0.2, 0.25) is 0 Å². The molecule has 0 spiro atoms. The molecular formula is C13H22BrClN2O4. The summed E-state index contributed by atoms with van der Waals surface area (Å²) in [6.45, 7) is 3.28. The predicted octanol–water partition coefficient (Wildman–Crippen LogP) is -1.34. The molecule has 0 radical (unpaired) electrons. The lowest BCUT2D eigenvalue weighted by atomic mass is 9.90. The molecule has 0 fully saturated rings. The molecule has 0 aliphatic heterocycles. The third-order valence-electron chi connectivity index (χ3n) is 3.08. The Kier molecular flexibility index (Phi) is 8.30. The molecule has 0 amide bonds. The second-order valence-electron chi connectivity index (χ2n) is 5.31. The van der Waals surface area contributed by atoms with E-state index in [1.807, 2.05) is 0 Å². The van der Waals surface area contributed by atoms with Gasteiger partial charge < -0.3 is 4.90 Å². The van der Waals surface area contributed by atoms with E-state index in [2.05, 4.69) is 85.1 Å². The Labute approximate surface area is 136 Å². The van der Waals surface area contributed by atoms with Crippen LogP contribution in [0, 0.1) is 10.2 Å². The second-order valence-corrected chi connectivity index (χ2v) is 7.02. The van der Waals surface area contributed by atoms with Crippen LogP contribution in [0.4, 0.5) is 0 Å². The highest BCUT2D eigenvalue weighted by molar-refractivity contribution is 9.10. The Morgan fingerprint density at radius 1 is 1.10 bits per heavy atom. The van der Waals surface area contributed by atoms with Gasteiger partial charge in [-0.15, -0.1) is 0 Å². The summed E-state index contributed by atoms with van der Waals surface area (Å²) in [4.78, 5) is 4.50. The molecule has 0 aliphatic carbocycles. The van der Waals surface area contributed by atoms with E-state index in [9.17, 15) is 0 Å². The van der Waals surface area contributed by atoms with Crippen molar-refractivity contribution in [2.45, 2.75) is 12.5 Å². The van der Waals surface area contributed by atoms with Gasteiger partial charge in [0.15, 0.2) is 0 Å². The van der Waals surface area contributed by atoms with Gasteiger partial charge in [0.1, 0.15) is 0 Å². The molecule has 8 heteroatoms. The van der Waals surface area contributed by atoms with Crippen LogP contribution in [0.1, 0.15) is 12.5 Å². The monoisotopic (exact) mass is 384 g/mol. The van der Waals surface area contributed by atoms with Crippen molar-refractivity contribution in [2.75, 3.05) is 34.7 Å². The van der Waals surface area contributed by atoms with Crippen LogP contribution < -0.4 is 14.0 Å². The molecule has 0 saturated carbocycles.